The molecule has 1 fully saturated rings. The zero-order chi connectivity index (χ0) is 15.1. The zero-order valence-electron chi connectivity index (χ0n) is 12.8. The third-order valence-electron chi connectivity index (χ3n) is 3.98. The predicted octanol–water partition coefficient (Wildman–Crippen LogP) is 2.77. The summed E-state index contributed by atoms with van der Waals surface area (Å²) in [6.45, 7) is 2.09. The molecule has 2 rings (SSSR count). The first-order valence-electron chi connectivity index (χ1n) is 8.01. The lowest BCUT2D eigenvalue weighted by molar-refractivity contribution is 0.0933. The average Bonchev–Trinajstić information content (AvgIpc) is 2.76. The lowest BCUT2D eigenvalue weighted by Gasteiger charge is -2.17. The van der Waals surface area contributed by atoms with Gasteiger partial charge in [0.15, 0.2) is 0 Å². The van der Waals surface area contributed by atoms with Crippen LogP contribution in [0.15, 0.2) is 12.1 Å². The molecule has 1 amide bonds. The summed E-state index contributed by atoms with van der Waals surface area (Å²) in [5.74, 6) is 5.98. The minimum atomic E-state index is -0.0156. The molecule has 0 radical (unpaired) electrons. The Bertz CT molecular complexity index is 467. The van der Waals surface area contributed by atoms with Crippen molar-refractivity contribution >= 4 is 11.7 Å². The number of amides is 1. The number of nitrogens with two attached hydrogens (primary N) is 1. The van der Waals surface area contributed by atoms with E-state index in [0.717, 1.165) is 31.4 Å². The fraction of sp³-hybridized carbons (Fsp3) is 0.625. The molecule has 0 unspecified atom stereocenters. The van der Waals surface area contributed by atoms with Crippen molar-refractivity contribution in [1.29, 1.82) is 0 Å². The van der Waals surface area contributed by atoms with E-state index in [4.69, 9.17) is 5.84 Å². The largest absolute Gasteiger partial charge is 0.349 e. The van der Waals surface area contributed by atoms with Gasteiger partial charge < -0.3 is 10.7 Å². The number of carbonyl (C=O) groups excluding carboxylic acids is 1. The molecule has 0 aliphatic heterocycles. The minimum Gasteiger partial charge on any atom is -0.349 e. The maximum atomic E-state index is 12.4. The number of anilines is 1. The Morgan fingerprint density at radius 3 is 2.62 bits per heavy atom. The molecule has 1 aromatic rings. The van der Waals surface area contributed by atoms with Crippen LogP contribution in [0.25, 0.3) is 0 Å². The predicted molar refractivity (Wildman–Crippen MR) is 85.0 cm³/mol. The van der Waals surface area contributed by atoms with Gasteiger partial charge in [0.25, 0.3) is 5.91 Å². The first-order chi connectivity index (χ1) is 10.2. The molecule has 1 saturated carbocycles. The highest BCUT2D eigenvalue weighted by atomic mass is 16.1. The van der Waals surface area contributed by atoms with Crippen LogP contribution < -0.4 is 16.6 Å². The van der Waals surface area contributed by atoms with Gasteiger partial charge in [0.2, 0.25) is 0 Å². The average molecular weight is 290 g/mol. The van der Waals surface area contributed by atoms with Crippen LogP contribution in [-0.2, 0) is 6.42 Å². The number of carbonyl (C=O) groups is 1. The molecule has 1 aromatic heterocycles. The Morgan fingerprint density at radius 2 is 2.00 bits per heavy atom. The van der Waals surface area contributed by atoms with E-state index in [2.05, 4.69) is 22.7 Å². The number of pyridine rings is 1. The Hall–Kier alpha value is -1.62. The molecule has 5 nitrogen and oxygen atoms in total. The number of nitrogens with zero attached hydrogens (tertiary/aromatic N) is 1. The maximum Gasteiger partial charge on any atom is 0.251 e. The fourth-order valence-electron chi connectivity index (χ4n) is 2.87. The SMILES string of the molecule is CCCc1cc(C(=O)NC2CCCCCC2)cc(NN)n1. The van der Waals surface area contributed by atoms with Crippen molar-refractivity contribution in [3.05, 3.63) is 23.4 Å². The molecule has 1 aliphatic rings. The van der Waals surface area contributed by atoms with Gasteiger partial charge in [-0.3, -0.25) is 4.79 Å². The van der Waals surface area contributed by atoms with Crippen LogP contribution in [0.5, 0.6) is 0 Å². The number of aromatic nitrogens is 1. The molecule has 5 heteroatoms. The summed E-state index contributed by atoms with van der Waals surface area (Å²) < 4.78 is 0. The van der Waals surface area contributed by atoms with Gasteiger partial charge in [-0.15, -0.1) is 0 Å². The number of hydrogen-bond donors (Lipinski definition) is 3. The minimum absolute atomic E-state index is 0.0156. The third-order valence-corrected chi connectivity index (χ3v) is 3.98. The van der Waals surface area contributed by atoms with Crippen LogP contribution in [0.1, 0.15) is 67.9 Å². The highest BCUT2D eigenvalue weighted by Gasteiger charge is 2.16. The molecule has 4 N–H and O–H groups in total. The smallest absolute Gasteiger partial charge is 0.251 e. The van der Waals surface area contributed by atoms with Crippen molar-refractivity contribution in [1.82, 2.24) is 10.3 Å². The second-order valence-corrected chi connectivity index (χ2v) is 5.79. The Kier molecular flexibility index (Phi) is 5.99. The van der Waals surface area contributed by atoms with E-state index in [0.29, 0.717) is 17.4 Å². The summed E-state index contributed by atoms with van der Waals surface area (Å²) in [6.07, 6.45) is 8.98. The van der Waals surface area contributed by atoms with Crippen LogP contribution in [0.3, 0.4) is 0 Å². The first-order valence-corrected chi connectivity index (χ1v) is 8.01. The molecule has 0 aromatic carbocycles. The number of nitrogen functional groups attached to an aromatic ring is 1. The molecule has 0 bridgehead atoms. The van der Waals surface area contributed by atoms with E-state index in [9.17, 15) is 4.79 Å². The summed E-state index contributed by atoms with van der Waals surface area (Å²) in [4.78, 5) is 16.8. The summed E-state index contributed by atoms with van der Waals surface area (Å²) in [5.41, 5.74) is 4.09. The van der Waals surface area contributed by atoms with Gasteiger partial charge in [-0.2, -0.15) is 0 Å². The quantitative estimate of drug-likeness (QED) is 0.442. The zero-order valence-corrected chi connectivity index (χ0v) is 12.8. The molecular weight excluding hydrogens is 264 g/mol. The lowest BCUT2D eigenvalue weighted by atomic mass is 10.1. The van der Waals surface area contributed by atoms with E-state index < -0.39 is 0 Å². The van der Waals surface area contributed by atoms with Crippen molar-refractivity contribution in [3.8, 4) is 0 Å². The normalized spacial score (nSPS) is 16.3. The molecular formula is C16H26N4O. The fourth-order valence-corrected chi connectivity index (χ4v) is 2.87. The van der Waals surface area contributed by atoms with E-state index in [-0.39, 0.29) is 5.91 Å². The van der Waals surface area contributed by atoms with Gasteiger partial charge in [0.1, 0.15) is 5.82 Å². The van der Waals surface area contributed by atoms with E-state index >= 15 is 0 Å². The van der Waals surface area contributed by atoms with E-state index in [1.807, 2.05) is 6.07 Å². The van der Waals surface area contributed by atoms with Crippen molar-refractivity contribution in [2.75, 3.05) is 5.43 Å². The van der Waals surface area contributed by atoms with Crippen molar-refractivity contribution in [2.24, 2.45) is 5.84 Å². The number of nitrogens with one attached hydrogen (secondary N) is 2. The van der Waals surface area contributed by atoms with Gasteiger partial charge in [0.05, 0.1) is 0 Å². The van der Waals surface area contributed by atoms with Crippen molar-refractivity contribution in [2.45, 2.75) is 64.3 Å². The highest BCUT2D eigenvalue weighted by molar-refractivity contribution is 5.95. The van der Waals surface area contributed by atoms with Gasteiger partial charge in [0, 0.05) is 17.3 Å². The standard InChI is InChI=1S/C16H26N4O/c1-2-7-14-10-12(11-15(18-14)20-17)16(21)19-13-8-5-3-4-6-9-13/h10-11,13H,2-9,17H2,1H3,(H,18,20)(H,19,21). The number of aryl methyl sites for hydroxylation is 1. The molecule has 21 heavy (non-hydrogen) atoms. The monoisotopic (exact) mass is 290 g/mol. The number of hydrazine groups is 1. The van der Waals surface area contributed by atoms with Gasteiger partial charge in [-0.25, -0.2) is 10.8 Å². The van der Waals surface area contributed by atoms with Gasteiger partial charge >= 0.3 is 0 Å². The Balaban J connectivity index is 2.07. The van der Waals surface area contributed by atoms with Crippen LogP contribution in [-0.4, -0.2) is 16.9 Å². The molecule has 116 valence electrons. The summed E-state index contributed by atoms with van der Waals surface area (Å²) in [5, 5.41) is 3.16. The summed E-state index contributed by atoms with van der Waals surface area (Å²) >= 11 is 0. The molecule has 0 saturated heterocycles. The van der Waals surface area contributed by atoms with Crippen LogP contribution in [0, 0.1) is 0 Å². The van der Waals surface area contributed by atoms with Crippen molar-refractivity contribution in [3.63, 3.8) is 0 Å². The molecule has 1 heterocycles. The van der Waals surface area contributed by atoms with E-state index in [1.54, 1.807) is 6.07 Å². The maximum absolute atomic E-state index is 12.4. The molecule has 1 aliphatic carbocycles. The van der Waals surface area contributed by atoms with Crippen molar-refractivity contribution < 1.29 is 4.79 Å². The third kappa shape index (κ3) is 4.70. The van der Waals surface area contributed by atoms with Gasteiger partial charge in [-0.1, -0.05) is 39.0 Å². The second-order valence-electron chi connectivity index (χ2n) is 5.79. The second kappa shape index (κ2) is 7.98. The number of rotatable bonds is 5. The van der Waals surface area contributed by atoms with Crippen LogP contribution >= 0.6 is 0 Å². The van der Waals surface area contributed by atoms with Gasteiger partial charge in [-0.05, 0) is 31.4 Å². The van der Waals surface area contributed by atoms with Crippen LogP contribution in [0.2, 0.25) is 0 Å². The summed E-state index contributed by atoms with van der Waals surface area (Å²) in [6, 6.07) is 3.89. The Morgan fingerprint density at radius 1 is 1.29 bits per heavy atom. The lowest BCUT2D eigenvalue weighted by Crippen LogP contribution is -2.34. The number of hydrogen-bond acceptors (Lipinski definition) is 4. The molecule has 0 spiro atoms. The van der Waals surface area contributed by atoms with E-state index in [1.165, 1.54) is 25.7 Å². The topological polar surface area (TPSA) is 80.0 Å². The first kappa shape index (κ1) is 15.8. The highest BCUT2D eigenvalue weighted by Crippen LogP contribution is 2.18. The summed E-state index contributed by atoms with van der Waals surface area (Å²) in [7, 11) is 0. The molecule has 0 atom stereocenters. The Labute approximate surface area is 126 Å². The van der Waals surface area contributed by atoms with Crippen LogP contribution in [0.4, 0.5) is 5.82 Å².